The summed E-state index contributed by atoms with van der Waals surface area (Å²) in [7, 11) is 0. The number of amides is 1. The predicted molar refractivity (Wildman–Crippen MR) is 94.2 cm³/mol. The second kappa shape index (κ2) is 6.97. The third-order valence-electron chi connectivity index (χ3n) is 4.82. The molecule has 0 bridgehead atoms. The summed E-state index contributed by atoms with van der Waals surface area (Å²) in [6.45, 7) is 5.27. The summed E-state index contributed by atoms with van der Waals surface area (Å²) < 4.78 is 0. The van der Waals surface area contributed by atoms with E-state index in [4.69, 9.17) is 0 Å². The molecule has 4 heteroatoms. The molecule has 2 N–H and O–H groups in total. The summed E-state index contributed by atoms with van der Waals surface area (Å²) in [5.74, 6) is -0.0871. The van der Waals surface area contributed by atoms with Crippen molar-refractivity contribution < 1.29 is 14.5 Å². The molecule has 0 saturated carbocycles. The van der Waals surface area contributed by atoms with Crippen molar-refractivity contribution in [2.24, 2.45) is 0 Å². The number of carbonyl (C=O) groups excluding carboxylic acids is 2. The van der Waals surface area contributed by atoms with Crippen molar-refractivity contribution in [2.75, 3.05) is 11.9 Å². The fourth-order valence-electron chi connectivity index (χ4n) is 3.30. The highest BCUT2D eigenvalue weighted by molar-refractivity contribution is 6.04. The van der Waals surface area contributed by atoms with Gasteiger partial charge in [0, 0.05) is 17.5 Å². The minimum atomic E-state index is -0.168. The number of nitrogens with one attached hydrogen (secondary N) is 2. The largest absolute Gasteiger partial charge is 0.321 e. The smallest absolute Gasteiger partial charge is 0.282 e. The number of ketones is 1. The van der Waals surface area contributed by atoms with E-state index in [1.165, 1.54) is 23.0 Å². The molecule has 0 saturated heterocycles. The van der Waals surface area contributed by atoms with E-state index in [1.807, 2.05) is 19.1 Å². The van der Waals surface area contributed by atoms with Crippen LogP contribution < -0.4 is 10.2 Å². The first-order valence-corrected chi connectivity index (χ1v) is 8.38. The van der Waals surface area contributed by atoms with Crippen molar-refractivity contribution >= 4 is 17.4 Å². The first-order chi connectivity index (χ1) is 11.6. The predicted octanol–water partition coefficient (Wildman–Crippen LogP) is 1.86. The van der Waals surface area contributed by atoms with E-state index >= 15 is 0 Å². The molecule has 1 aliphatic rings. The van der Waals surface area contributed by atoms with Crippen LogP contribution in [-0.2, 0) is 17.8 Å². The molecule has 0 aromatic heterocycles. The Bertz CT molecular complexity index is 770. The van der Waals surface area contributed by atoms with E-state index in [2.05, 4.69) is 29.6 Å². The zero-order valence-corrected chi connectivity index (χ0v) is 14.1. The summed E-state index contributed by atoms with van der Waals surface area (Å²) in [4.78, 5) is 25.6. The Morgan fingerprint density at radius 3 is 2.46 bits per heavy atom. The lowest BCUT2D eigenvalue weighted by molar-refractivity contribution is -0.929. The maximum Gasteiger partial charge on any atom is 0.282 e. The van der Waals surface area contributed by atoms with Crippen LogP contribution in [0.15, 0.2) is 48.5 Å². The minimum absolute atomic E-state index is 0.0434. The molecule has 2 aromatic carbocycles. The number of benzene rings is 2. The quantitative estimate of drug-likeness (QED) is 0.844. The van der Waals surface area contributed by atoms with Gasteiger partial charge in [-0.05, 0) is 31.5 Å². The van der Waals surface area contributed by atoms with Crippen molar-refractivity contribution in [3.05, 3.63) is 65.2 Å². The van der Waals surface area contributed by atoms with Crippen molar-refractivity contribution in [2.45, 2.75) is 32.9 Å². The normalized spacial score (nSPS) is 17.7. The van der Waals surface area contributed by atoms with Crippen LogP contribution in [0.4, 0.5) is 5.69 Å². The molecule has 1 unspecified atom stereocenters. The number of hydrogen-bond acceptors (Lipinski definition) is 2. The summed E-state index contributed by atoms with van der Waals surface area (Å²) in [5.41, 5.74) is 3.86. The maximum atomic E-state index is 12.7. The molecular weight excluding hydrogens is 300 g/mol. The third kappa shape index (κ3) is 3.39. The Kier molecular flexibility index (Phi) is 4.76. The Balaban J connectivity index is 1.71. The molecule has 4 nitrogen and oxygen atoms in total. The van der Waals surface area contributed by atoms with E-state index in [0.717, 1.165) is 19.5 Å². The van der Waals surface area contributed by atoms with E-state index in [-0.39, 0.29) is 17.7 Å². The number of hydrogen-bond donors (Lipinski definition) is 2. The summed E-state index contributed by atoms with van der Waals surface area (Å²) >= 11 is 0. The molecule has 1 amide bonds. The number of fused-ring (bicyclic) bond motifs is 1. The first kappa shape index (κ1) is 16.4. The number of rotatable bonds is 4. The zero-order chi connectivity index (χ0) is 17.1. The van der Waals surface area contributed by atoms with Gasteiger partial charge in [0.15, 0.2) is 11.8 Å². The van der Waals surface area contributed by atoms with Crippen LogP contribution in [0.25, 0.3) is 0 Å². The first-order valence-electron chi connectivity index (χ1n) is 8.38. The average molecular weight is 323 g/mol. The second-order valence-corrected chi connectivity index (χ2v) is 6.42. The van der Waals surface area contributed by atoms with Gasteiger partial charge in [-0.3, -0.25) is 9.59 Å². The minimum Gasteiger partial charge on any atom is -0.321 e. The van der Waals surface area contributed by atoms with Gasteiger partial charge in [0.2, 0.25) is 0 Å². The van der Waals surface area contributed by atoms with E-state index in [0.29, 0.717) is 11.3 Å². The molecule has 0 radical (unpaired) electrons. The summed E-state index contributed by atoms with van der Waals surface area (Å²) in [5, 5.41) is 2.93. The lowest BCUT2D eigenvalue weighted by Gasteiger charge is -2.30. The molecule has 3 rings (SSSR count). The van der Waals surface area contributed by atoms with Crippen LogP contribution in [-0.4, -0.2) is 24.3 Å². The van der Waals surface area contributed by atoms with Gasteiger partial charge in [-0.15, -0.1) is 0 Å². The number of para-hydroxylation sites is 1. The lowest BCUT2D eigenvalue weighted by Crippen LogP contribution is -3.16. The van der Waals surface area contributed by atoms with Crippen molar-refractivity contribution in [1.29, 1.82) is 0 Å². The van der Waals surface area contributed by atoms with E-state index in [1.54, 1.807) is 12.1 Å². The SMILES string of the molecule is CC(=O)c1ccccc1NC(=O)[C@H](C)[NH+]1CCc2ccccc2C1. The number of carbonyl (C=O) groups is 2. The van der Waals surface area contributed by atoms with E-state index in [9.17, 15) is 9.59 Å². The summed E-state index contributed by atoms with van der Waals surface area (Å²) in [6.07, 6.45) is 0.993. The Hall–Kier alpha value is -2.46. The zero-order valence-electron chi connectivity index (χ0n) is 14.1. The van der Waals surface area contributed by atoms with Crippen LogP contribution in [0.5, 0.6) is 0 Å². The molecule has 24 heavy (non-hydrogen) atoms. The monoisotopic (exact) mass is 323 g/mol. The molecule has 0 spiro atoms. The fourth-order valence-corrected chi connectivity index (χ4v) is 3.30. The fraction of sp³-hybridized carbons (Fsp3) is 0.300. The standard InChI is InChI=1S/C20H22N2O2/c1-14(22-12-11-16-7-3-4-8-17(16)13-22)20(24)21-19-10-6-5-9-18(19)15(2)23/h3-10,14H,11-13H2,1-2H3,(H,21,24)/p+1/t14-/m0/s1. The molecule has 0 fully saturated rings. The van der Waals surface area contributed by atoms with Gasteiger partial charge in [-0.1, -0.05) is 36.4 Å². The maximum absolute atomic E-state index is 12.7. The van der Waals surface area contributed by atoms with Gasteiger partial charge >= 0.3 is 0 Å². The molecular formula is C20H23N2O2+. The lowest BCUT2D eigenvalue weighted by atomic mass is 9.98. The topological polar surface area (TPSA) is 50.6 Å². The average Bonchev–Trinajstić information content (AvgIpc) is 2.61. The Morgan fingerprint density at radius 2 is 1.71 bits per heavy atom. The number of quaternary nitrogens is 1. The Labute approximate surface area is 142 Å². The van der Waals surface area contributed by atoms with Gasteiger partial charge < -0.3 is 10.2 Å². The van der Waals surface area contributed by atoms with Gasteiger partial charge in [0.25, 0.3) is 5.91 Å². The van der Waals surface area contributed by atoms with Gasteiger partial charge in [0.1, 0.15) is 6.54 Å². The molecule has 1 aliphatic heterocycles. The molecule has 2 aromatic rings. The van der Waals surface area contributed by atoms with Crippen LogP contribution in [0.2, 0.25) is 0 Å². The molecule has 124 valence electrons. The second-order valence-electron chi connectivity index (χ2n) is 6.42. The van der Waals surface area contributed by atoms with Crippen LogP contribution in [0, 0.1) is 0 Å². The highest BCUT2D eigenvalue weighted by Gasteiger charge is 2.29. The van der Waals surface area contributed by atoms with Gasteiger partial charge in [-0.2, -0.15) is 0 Å². The van der Waals surface area contributed by atoms with Gasteiger partial charge in [-0.25, -0.2) is 0 Å². The van der Waals surface area contributed by atoms with Crippen LogP contribution in [0.1, 0.15) is 35.3 Å². The highest BCUT2D eigenvalue weighted by Crippen LogP contribution is 2.16. The number of anilines is 1. The third-order valence-corrected chi connectivity index (χ3v) is 4.82. The van der Waals surface area contributed by atoms with Crippen LogP contribution >= 0.6 is 0 Å². The van der Waals surface area contributed by atoms with Crippen molar-refractivity contribution in [3.8, 4) is 0 Å². The van der Waals surface area contributed by atoms with Crippen molar-refractivity contribution in [1.82, 2.24) is 0 Å². The van der Waals surface area contributed by atoms with E-state index < -0.39 is 0 Å². The van der Waals surface area contributed by atoms with Crippen molar-refractivity contribution in [3.63, 3.8) is 0 Å². The number of Topliss-reactive ketones (excluding diaryl/α,β-unsaturated/α-hetero) is 1. The molecule has 2 atom stereocenters. The highest BCUT2D eigenvalue weighted by atomic mass is 16.2. The Morgan fingerprint density at radius 1 is 1.04 bits per heavy atom. The molecule has 0 aliphatic carbocycles. The molecule has 1 heterocycles. The van der Waals surface area contributed by atoms with Crippen LogP contribution in [0.3, 0.4) is 0 Å². The summed E-state index contributed by atoms with van der Waals surface area (Å²) in [6, 6.07) is 15.4. The van der Waals surface area contributed by atoms with Gasteiger partial charge in [0.05, 0.1) is 12.2 Å².